The van der Waals surface area contributed by atoms with Crippen LogP contribution in [0.1, 0.15) is 22.9 Å². The zero-order chi connectivity index (χ0) is 41.9. The highest BCUT2D eigenvalue weighted by Crippen LogP contribution is 2.41. The topological polar surface area (TPSA) is 54.8 Å². The standard InChI is InChI=1S/C59H36N4O/c1-2-16-36-32-54-48(29-35(36)15-1)46-25-11-13-27-53(46)63(54)39-33-49-47-26-12-14-28-55(47)64-56(49)52(34-39)59-61-57(50-30-37-17-3-5-19-40(37)42-21-7-9-23-44(42)50)60-58(62-59)51-31-38-18-4-6-20-41(38)43-22-8-10-24-45(43)51/h1-34,57H,(H,60,61,62). The molecule has 1 aliphatic heterocycles. The molecule has 11 aromatic carbocycles. The van der Waals surface area contributed by atoms with Crippen LogP contribution in [-0.2, 0) is 0 Å². The normalized spacial score (nSPS) is 14.4. The van der Waals surface area contributed by atoms with Crippen LogP contribution in [0.25, 0.3) is 103 Å². The van der Waals surface area contributed by atoms with Crippen LogP contribution < -0.4 is 5.32 Å². The Labute approximate surface area is 366 Å². The van der Waals surface area contributed by atoms with Gasteiger partial charge in [0.05, 0.1) is 16.6 Å². The molecule has 0 radical (unpaired) electrons. The molecular weight excluding hydrogens is 781 g/mol. The number of fused-ring (bicyclic) bond motifs is 13. The Hall–Kier alpha value is -8.54. The lowest BCUT2D eigenvalue weighted by Gasteiger charge is -2.26. The molecule has 14 rings (SSSR count). The van der Waals surface area contributed by atoms with Gasteiger partial charge < -0.3 is 14.3 Å². The summed E-state index contributed by atoms with van der Waals surface area (Å²) in [5, 5.41) is 20.2. The summed E-state index contributed by atoms with van der Waals surface area (Å²) in [6.07, 6.45) is -0.482. The molecule has 0 fully saturated rings. The molecule has 64 heavy (non-hydrogen) atoms. The van der Waals surface area contributed by atoms with Crippen LogP contribution in [-0.4, -0.2) is 16.2 Å². The zero-order valence-electron chi connectivity index (χ0n) is 34.5. The summed E-state index contributed by atoms with van der Waals surface area (Å²) in [6.45, 7) is 0. The largest absolute Gasteiger partial charge is 0.455 e. The minimum absolute atomic E-state index is 0.482. The van der Waals surface area contributed by atoms with Crippen molar-refractivity contribution in [3.8, 4) is 5.69 Å². The molecule has 13 aromatic rings. The van der Waals surface area contributed by atoms with Crippen molar-refractivity contribution in [2.75, 3.05) is 0 Å². The van der Waals surface area contributed by atoms with Gasteiger partial charge in [-0.2, -0.15) is 0 Å². The van der Waals surface area contributed by atoms with Crippen molar-refractivity contribution in [3.63, 3.8) is 0 Å². The molecule has 0 spiro atoms. The predicted molar refractivity (Wildman–Crippen MR) is 267 cm³/mol. The van der Waals surface area contributed by atoms with Crippen molar-refractivity contribution in [2.24, 2.45) is 9.98 Å². The van der Waals surface area contributed by atoms with Crippen molar-refractivity contribution in [1.29, 1.82) is 0 Å². The van der Waals surface area contributed by atoms with Gasteiger partial charge in [-0.25, -0.2) is 9.98 Å². The molecule has 1 N–H and O–H groups in total. The van der Waals surface area contributed by atoms with E-state index in [9.17, 15) is 0 Å². The van der Waals surface area contributed by atoms with Gasteiger partial charge in [0, 0.05) is 38.4 Å². The maximum atomic E-state index is 6.91. The third-order valence-electron chi connectivity index (χ3n) is 13.4. The molecule has 0 saturated carbocycles. The summed E-state index contributed by atoms with van der Waals surface area (Å²) < 4.78 is 9.32. The lowest BCUT2D eigenvalue weighted by molar-refractivity contribution is 0.661. The summed E-state index contributed by atoms with van der Waals surface area (Å²) >= 11 is 0. The number of para-hydroxylation sites is 2. The summed E-state index contributed by atoms with van der Waals surface area (Å²) in [5.41, 5.74) is 7.82. The summed E-state index contributed by atoms with van der Waals surface area (Å²) in [4.78, 5) is 11.2. The molecule has 0 aliphatic carbocycles. The first-order valence-corrected chi connectivity index (χ1v) is 21.8. The minimum atomic E-state index is -0.482. The highest BCUT2D eigenvalue weighted by molar-refractivity contribution is 6.25. The number of furan rings is 1. The zero-order valence-corrected chi connectivity index (χ0v) is 34.5. The molecule has 3 heterocycles. The lowest BCUT2D eigenvalue weighted by atomic mass is 9.94. The van der Waals surface area contributed by atoms with E-state index in [1.807, 2.05) is 6.07 Å². The first kappa shape index (κ1) is 35.1. The van der Waals surface area contributed by atoms with E-state index in [0.29, 0.717) is 11.7 Å². The summed E-state index contributed by atoms with van der Waals surface area (Å²) in [5.74, 6) is 1.36. The van der Waals surface area contributed by atoms with E-state index in [2.05, 4.69) is 210 Å². The monoisotopic (exact) mass is 816 g/mol. The third-order valence-corrected chi connectivity index (χ3v) is 13.4. The summed E-state index contributed by atoms with van der Waals surface area (Å²) in [6, 6.07) is 74.0. The smallest absolute Gasteiger partial charge is 0.160 e. The molecular formula is C59H36N4O. The Balaban J connectivity index is 1.08. The SMILES string of the molecule is c1ccc2cc3c(cc2c1)c1ccccc1n3-c1cc(C2=NC(c3cc4ccccc4c4ccccc34)=NC(c3cc4ccccc4c4ccccc34)N2)c2oc3ccccc3c2c1. The Bertz CT molecular complexity index is 4190. The van der Waals surface area contributed by atoms with Gasteiger partial charge in [0.15, 0.2) is 5.84 Å². The first-order chi connectivity index (χ1) is 31.7. The Morgan fingerprint density at radius 1 is 0.406 bits per heavy atom. The van der Waals surface area contributed by atoms with Crippen LogP contribution in [0, 0.1) is 0 Å². The van der Waals surface area contributed by atoms with E-state index in [-0.39, 0.29) is 0 Å². The molecule has 0 saturated heterocycles. The van der Waals surface area contributed by atoms with E-state index < -0.39 is 6.17 Å². The fraction of sp³-hybridized carbons (Fsp3) is 0.0169. The molecule has 5 heteroatoms. The van der Waals surface area contributed by atoms with Crippen LogP contribution in [0.2, 0.25) is 0 Å². The molecule has 1 aliphatic rings. The summed E-state index contributed by atoms with van der Waals surface area (Å²) in [7, 11) is 0. The van der Waals surface area contributed by atoms with Crippen LogP contribution in [0.15, 0.2) is 221 Å². The maximum absolute atomic E-state index is 6.91. The van der Waals surface area contributed by atoms with E-state index in [1.54, 1.807) is 0 Å². The second-order valence-electron chi connectivity index (χ2n) is 16.9. The highest BCUT2D eigenvalue weighted by Gasteiger charge is 2.28. The van der Waals surface area contributed by atoms with Crippen LogP contribution in [0.5, 0.6) is 0 Å². The Morgan fingerprint density at radius 3 is 1.75 bits per heavy atom. The second kappa shape index (κ2) is 13.5. The van der Waals surface area contributed by atoms with E-state index in [1.165, 1.54) is 43.1 Å². The van der Waals surface area contributed by atoms with Gasteiger partial charge in [0.25, 0.3) is 0 Å². The molecule has 298 valence electrons. The number of rotatable bonds is 4. The minimum Gasteiger partial charge on any atom is -0.455 e. The van der Waals surface area contributed by atoms with Crippen LogP contribution >= 0.6 is 0 Å². The Kier molecular flexibility index (Phi) is 7.39. The fourth-order valence-corrected chi connectivity index (χ4v) is 10.5. The van der Waals surface area contributed by atoms with E-state index in [4.69, 9.17) is 14.4 Å². The molecule has 1 unspecified atom stereocenters. The number of nitrogens with one attached hydrogen (secondary N) is 1. The number of aromatic nitrogens is 1. The number of benzene rings is 11. The lowest BCUT2D eigenvalue weighted by Crippen LogP contribution is -2.34. The van der Waals surface area contributed by atoms with Gasteiger partial charge in [0.2, 0.25) is 0 Å². The Morgan fingerprint density at radius 2 is 0.984 bits per heavy atom. The van der Waals surface area contributed by atoms with Crippen LogP contribution in [0.3, 0.4) is 0 Å². The maximum Gasteiger partial charge on any atom is 0.160 e. The molecule has 2 aromatic heterocycles. The van der Waals surface area contributed by atoms with Gasteiger partial charge in [-0.1, -0.05) is 158 Å². The molecule has 1 atom stereocenters. The number of nitrogens with zero attached hydrogens (tertiary/aromatic N) is 3. The van der Waals surface area contributed by atoms with E-state index in [0.717, 1.165) is 76.9 Å². The molecule has 0 amide bonds. The average Bonchev–Trinajstić information content (AvgIpc) is 3.90. The van der Waals surface area contributed by atoms with Gasteiger partial charge in [0.1, 0.15) is 23.2 Å². The second-order valence-corrected chi connectivity index (χ2v) is 16.9. The average molecular weight is 817 g/mol. The number of hydrogen-bond acceptors (Lipinski definition) is 4. The first-order valence-electron chi connectivity index (χ1n) is 21.8. The van der Waals surface area contributed by atoms with Gasteiger partial charge in [-0.05, 0) is 102 Å². The van der Waals surface area contributed by atoms with Gasteiger partial charge in [-0.3, -0.25) is 0 Å². The van der Waals surface area contributed by atoms with Crippen molar-refractivity contribution in [2.45, 2.75) is 6.17 Å². The molecule has 5 nitrogen and oxygen atoms in total. The molecule has 0 bridgehead atoms. The van der Waals surface area contributed by atoms with Crippen LogP contribution in [0.4, 0.5) is 0 Å². The number of hydrogen-bond donors (Lipinski definition) is 1. The van der Waals surface area contributed by atoms with E-state index >= 15 is 0 Å². The predicted octanol–water partition coefficient (Wildman–Crippen LogP) is 14.9. The highest BCUT2D eigenvalue weighted by atomic mass is 16.3. The van der Waals surface area contributed by atoms with Gasteiger partial charge in [-0.15, -0.1) is 0 Å². The van der Waals surface area contributed by atoms with Crippen molar-refractivity contribution in [3.05, 3.63) is 223 Å². The fourth-order valence-electron chi connectivity index (χ4n) is 10.5. The van der Waals surface area contributed by atoms with Crippen molar-refractivity contribution >= 4 is 109 Å². The van der Waals surface area contributed by atoms with Gasteiger partial charge >= 0.3 is 0 Å². The quantitative estimate of drug-likeness (QED) is 0.180. The number of amidine groups is 2. The van der Waals surface area contributed by atoms with Crippen molar-refractivity contribution in [1.82, 2.24) is 9.88 Å². The third kappa shape index (κ3) is 5.18. The van der Waals surface area contributed by atoms with Crippen molar-refractivity contribution < 1.29 is 4.42 Å². The number of aliphatic imine (C=N–C) groups is 2.